The average molecular weight is 447 g/mol. The van der Waals surface area contributed by atoms with Crippen LogP contribution in [0.1, 0.15) is 22.0 Å². The van der Waals surface area contributed by atoms with Crippen LogP contribution in [0.15, 0.2) is 71.7 Å². The Morgan fingerprint density at radius 3 is 2.43 bits per heavy atom. The Morgan fingerprint density at radius 1 is 1.03 bits per heavy atom. The van der Waals surface area contributed by atoms with Crippen LogP contribution in [0.3, 0.4) is 0 Å². The van der Waals surface area contributed by atoms with Crippen molar-refractivity contribution in [3.8, 4) is 0 Å². The molecule has 1 atom stereocenters. The summed E-state index contributed by atoms with van der Waals surface area (Å²) in [4.78, 5) is 38.2. The summed E-state index contributed by atoms with van der Waals surface area (Å²) in [5.41, 5.74) is 0.390. The van der Waals surface area contributed by atoms with E-state index in [-0.39, 0.29) is 12.1 Å². The van der Waals surface area contributed by atoms with Crippen LogP contribution in [0.4, 0.5) is 4.39 Å². The largest absolute Gasteiger partial charge is 0.354 e. The molecule has 0 radical (unpaired) electrons. The molecular weight excluding hydrogens is 430 g/mol. The fourth-order valence-corrected chi connectivity index (χ4v) is 3.44. The van der Waals surface area contributed by atoms with Crippen molar-refractivity contribution in [2.45, 2.75) is 12.5 Å². The van der Waals surface area contributed by atoms with Crippen molar-refractivity contribution in [3.63, 3.8) is 0 Å². The lowest BCUT2D eigenvalue weighted by molar-refractivity contribution is -0.123. The molecule has 154 valence electrons. The third-order valence-electron chi connectivity index (χ3n) is 4.46. The zero-order valence-electron chi connectivity index (χ0n) is 15.6. The van der Waals surface area contributed by atoms with E-state index in [0.717, 1.165) is 22.3 Å². The van der Waals surface area contributed by atoms with E-state index in [2.05, 4.69) is 5.32 Å². The minimum Gasteiger partial charge on any atom is -0.354 e. The summed E-state index contributed by atoms with van der Waals surface area (Å²) in [5, 5.41) is 3.64. The van der Waals surface area contributed by atoms with E-state index in [9.17, 15) is 18.8 Å². The minimum absolute atomic E-state index is 0.119. The van der Waals surface area contributed by atoms with Crippen LogP contribution >= 0.6 is 23.2 Å². The van der Waals surface area contributed by atoms with Gasteiger partial charge in [0.05, 0.1) is 0 Å². The number of hydrogen-bond donors (Lipinski definition) is 1. The van der Waals surface area contributed by atoms with Gasteiger partial charge >= 0.3 is 0 Å². The number of halogens is 3. The fourth-order valence-electron chi connectivity index (χ4n) is 2.94. The highest BCUT2D eigenvalue weighted by molar-refractivity contribution is 6.35. The maximum Gasteiger partial charge on any atom is 0.251 e. The normalized spacial score (nSPS) is 11.7. The van der Waals surface area contributed by atoms with Crippen molar-refractivity contribution < 1.29 is 14.0 Å². The van der Waals surface area contributed by atoms with Gasteiger partial charge in [-0.2, -0.15) is 0 Å². The highest BCUT2D eigenvalue weighted by Crippen LogP contribution is 2.21. The van der Waals surface area contributed by atoms with Gasteiger partial charge in [0.25, 0.3) is 11.5 Å². The lowest BCUT2D eigenvalue weighted by Gasteiger charge is -2.18. The average Bonchev–Trinajstić information content (AvgIpc) is 2.71. The number of nitrogens with zero attached hydrogens (tertiary/aromatic N) is 1. The van der Waals surface area contributed by atoms with Crippen molar-refractivity contribution in [3.05, 3.63) is 104 Å². The van der Waals surface area contributed by atoms with Crippen molar-refractivity contribution in [2.24, 2.45) is 0 Å². The van der Waals surface area contributed by atoms with E-state index in [0.29, 0.717) is 16.5 Å². The van der Waals surface area contributed by atoms with Crippen LogP contribution in [0, 0.1) is 5.82 Å². The summed E-state index contributed by atoms with van der Waals surface area (Å²) in [6.45, 7) is 0.189. The van der Waals surface area contributed by atoms with Gasteiger partial charge in [-0.25, -0.2) is 4.39 Å². The van der Waals surface area contributed by atoms with Crippen LogP contribution in [0.2, 0.25) is 10.0 Å². The van der Waals surface area contributed by atoms with Crippen molar-refractivity contribution in [2.75, 3.05) is 6.54 Å². The van der Waals surface area contributed by atoms with Crippen LogP contribution in [-0.2, 0) is 11.2 Å². The number of benzene rings is 2. The molecule has 0 aliphatic rings. The molecule has 0 fully saturated rings. The third-order valence-corrected chi connectivity index (χ3v) is 5.05. The van der Waals surface area contributed by atoms with Gasteiger partial charge in [-0.05, 0) is 54.4 Å². The second kappa shape index (κ2) is 9.69. The van der Waals surface area contributed by atoms with Crippen molar-refractivity contribution >= 4 is 34.9 Å². The molecule has 1 heterocycles. The highest BCUT2D eigenvalue weighted by atomic mass is 35.5. The molecule has 3 aromatic rings. The first-order valence-electron chi connectivity index (χ1n) is 9.05. The first kappa shape index (κ1) is 21.7. The Kier molecular flexibility index (Phi) is 7.03. The molecule has 2 aromatic carbocycles. The molecule has 0 spiro atoms. The van der Waals surface area contributed by atoms with Crippen LogP contribution in [-0.4, -0.2) is 22.8 Å². The molecule has 8 heteroatoms. The van der Waals surface area contributed by atoms with Crippen LogP contribution in [0.25, 0.3) is 0 Å². The summed E-state index contributed by atoms with van der Waals surface area (Å²) < 4.78 is 14.3. The van der Waals surface area contributed by atoms with E-state index in [1.165, 1.54) is 30.5 Å². The number of hydrogen-bond acceptors (Lipinski definition) is 3. The smallest absolute Gasteiger partial charge is 0.251 e. The second-order valence-electron chi connectivity index (χ2n) is 6.50. The van der Waals surface area contributed by atoms with E-state index in [4.69, 9.17) is 23.2 Å². The monoisotopic (exact) mass is 446 g/mol. The van der Waals surface area contributed by atoms with E-state index < -0.39 is 29.1 Å². The summed E-state index contributed by atoms with van der Waals surface area (Å²) in [5.74, 6) is -1.78. The van der Waals surface area contributed by atoms with Gasteiger partial charge in [0.2, 0.25) is 0 Å². The molecule has 1 amide bonds. The second-order valence-corrected chi connectivity index (χ2v) is 7.34. The number of carbonyl (C=O) groups is 2. The van der Waals surface area contributed by atoms with Gasteiger partial charge in [0.15, 0.2) is 11.8 Å². The zero-order valence-corrected chi connectivity index (χ0v) is 17.2. The first-order valence-corrected chi connectivity index (χ1v) is 9.81. The molecule has 3 rings (SSSR count). The molecule has 0 saturated carbocycles. The standard InChI is InChI=1S/C22H17Cl2FN2O3/c23-16-7-4-14(18(24)13-16)10-11-26-22(30)20(27-12-2-1-3-19(27)28)21(29)15-5-8-17(25)9-6-15/h1-9,12-13,20H,10-11H2,(H,26,30)/t20-/m1/s1. The van der Waals surface area contributed by atoms with Crippen molar-refractivity contribution in [1.29, 1.82) is 0 Å². The Morgan fingerprint density at radius 2 is 1.77 bits per heavy atom. The van der Waals surface area contributed by atoms with Gasteiger partial charge in [0.1, 0.15) is 5.82 Å². The van der Waals surface area contributed by atoms with Crippen LogP contribution in [0.5, 0.6) is 0 Å². The number of aromatic nitrogens is 1. The van der Waals surface area contributed by atoms with Gasteiger partial charge in [-0.1, -0.05) is 35.3 Å². The van der Waals surface area contributed by atoms with E-state index in [1.807, 2.05) is 0 Å². The molecular formula is C22H17Cl2FN2O3. The van der Waals surface area contributed by atoms with Crippen molar-refractivity contribution in [1.82, 2.24) is 9.88 Å². The van der Waals surface area contributed by atoms with Gasteiger partial charge < -0.3 is 5.32 Å². The van der Waals surface area contributed by atoms with Gasteiger partial charge in [0, 0.05) is 34.4 Å². The quantitative estimate of drug-likeness (QED) is 0.439. The maximum absolute atomic E-state index is 13.2. The third kappa shape index (κ3) is 5.14. The number of pyridine rings is 1. The molecule has 0 saturated heterocycles. The summed E-state index contributed by atoms with van der Waals surface area (Å²) in [7, 11) is 0. The molecule has 0 aliphatic carbocycles. The predicted octanol–water partition coefficient (Wildman–Crippen LogP) is 4.08. The molecule has 1 N–H and O–H groups in total. The van der Waals surface area contributed by atoms with E-state index in [1.54, 1.807) is 24.3 Å². The molecule has 5 nitrogen and oxygen atoms in total. The van der Waals surface area contributed by atoms with Gasteiger partial charge in [-0.3, -0.25) is 19.0 Å². The Bertz CT molecular complexity index is 1130. The molecule has 1 aromatic heterocycles. The molecule has 0 unspecified atom stereocenters. The lowest BCUT2D eigenvalue weighted by atomic mass is 10.0. The SMILES string of the molecule is O=C(NCCc1ccc(Cl)cc1Cl)[C@@H](C(=O)c1ccc(F)cc1)n1ccccc1=O. The fraction of sp³-hybridized carbons (Fsp3) is 0.136. The number of Topliss-reactive ketones (excluding diaryl/α,β-unsaturated/α-hetero) is 1. The molecule has 0 bridgehead atoms. The molecule has 0 aliphatic heterocycles. The highest BCUT2D eigenvalue weighted by Gasteiger charge is 2.29. The maximum atomic E-state index is 13.2. The van der Waals surface area contributed by atoms with E-state index >= 15 is 0 Å². The first-order chi connectivity index (χ1) is 14.4. The summed E-state index contributed by atoms with van der Waals surface area (Å²) in [6.07, 6.45) is 1.77. The van der Waals surface area contributed by atoms with Crippen LogP contribution < -0.4 is 10.9 Å². The number of carbonyl (C=O) groups excluding carboxylic acids is 2. The Hall–Kier alpha value is -2.96. The zero-order chi connectivity index (χ0) is 21.7. The minimum atomic E-state index is -1.43. The lowest BCUT2D eigenvalue weighted by Crippen LogP contribution is -2.41. The number of amides is 1. The summed E-state index contributed by atoms with van der Waals surface area (Å²) in [6, 6.07) is 12.7. The number of nitrogens with one attached hydrogen (secondary N) is 1. The Labute approximate surface area is 182 Å². The number of rotatable bonds is 7. The molecule has 30 heavy (non-hydrogen) atoms. The Balaban J connectivity index is 1.81. The predicted molar refractivity (Wildman–Crippen MR) is 114 cm³/mol. The summed E-state index contributed by atoms with van der Waals surface area (Å²) >= 11 is 12.0. The van der Waals surface area contributed by atoms with Gasteiger partial charge in [-0.15, -0.1) is 0 Å². The topological polar surface area (TPSA) is 68.2 Å². The number of ketones is 1.